The normalized spacial score (nSPS) is 19.0. The maximum atomic E-state index is 9.04. The molecule has 1 fully saturated rings. The Balaban J connectivity index is 1.64. The van der Waals surface area contributed by atoms with E-state index in [1.807, 2.05) is 18.2 Å². The molecule has 0 spiro atoms. The summed E-state index contributed by atoms with van der Waals surface area (Å²) in [6, 6.07) is 8.30. The summed E-state index contributed by atoms with van der Waals surface area (Å²) in [5.41, 5.74) is 1.89. The molecule has 1 atom stereocenters. The van der Waals surface area contributed by atoms with Crippen LogP contribution >= 0.6 is 11.9 Å². The van der Waals surface area contributed by atoms with Crippen molar-refractivity contribution in [2.75, 3.05) is 19.6 Å². The van der Waals surface area contributed by atoms with Crippen molar-refractivity contribution in [3.63, 3.8) is 0 Å². The number of nitrogens with zero attached hydrogens (tertiary/aromatic N) is 6. The van der Waals surface area contributed by atoms with Crippen molar-refractivity contribution >= 4 is 11.9 Å². The van der Waals surface area contributed by atoms with Crippen molar-refractivity contribution in [2.45, 2.75) is 24.4 Å². The molecule has 0 radical (unpaired) electrons. The molecule has 1 saturated heterocycles. The Kier molecular flexibility index (Phi) is 4.68. The van der Waals surface area contributed by atoms with Gasteiger partial charge in [-0.05, 0) is 41.8 Å². The van der Waals surface area contributed by atoms with Crippen LogP contribution in [0.2, 0.25) is 0 Å². The van der Waals surface area contributed by atoms with Crippen LogP contribution in [0.15, 0.2) is 29.4 Å². The van der Waals surface area contributed by atoms with E-state index in [2.05, 4.69) is 38.0 Å². The lowest BCUT2D eigenvalue weighted by Crippen LogP contribution is -2.50. The van der Waals surface area contributed by atoms with E-state index in [-0.39, 0.29) is 6.04 Å². The van der Waals surface area contributed by atoms with E-state index < -0.39 is 0 Å². The zero-order valence-corrected chi connectivity index (χ0v) is 13.1. The highest BCUT2D eigenvalue weighted by atomic mass is 32.2. The van der Waals surface area contributed by atoms with Gasteiger partial charge in [0, 0.05) is 30.6 Å². The molecule has 0 saturated carbocycles. The Labute approximate surface area is 133 Å². The fourth-order valence-corrected chi connectivity index (χ4v) is 3.48. The third-order valence-corrected chi connectivity index (χ3v) is 4.76. The Bertz CT molecular complexity index is 664. The minimum atomic E-state index is 0.287. The zero-order valence-electron chi connectivity index (χ0n) is 12.3. The molecule has 7 nitrogen and oxygen atoms in total. The molecule has 0 amide bonds. The first-order chi connectivity index (χ1) is 10.7. The third kappa shape index (κ3) is 3.62. The molecule has 1 aromatic heterocycles. The van der Waals surface area contributed by atoms with E-state index in [0.717, 1.165) is 24.5 Å². The van der Waals surface area contributed by atoms with Gasteiger partial charge in [-0.25, -0.2) is 4.31 Å². The number of nitriles is 1. The minimum absolute atomic E-state index is 0.287. The highest BCUT2D eigenvalue weighted by Crippen LogP contribution is 2.27. The number of hydrogen-bond donors (Lipinski definition) is 1. The SMILES string of the molecule is Cc1ccc(C#N)cc1SN1CCNC(Cn2ncnn2)C1. The molecule has 114 valence electrons. The maximum Gasteiger partial charge on any atom is 0.162 e. The Hall–Kier alpha value is -1.95. The van der Waals surface area contributed by atoms with Crippen molar-refractivity contribution < 1.29 is 0 Å². The number of aryl methyl sites for hydroxylation is 1. The Morgan fingerprint density at radius 2 is 2.41 bits per heavy atom. The van der Waals surface area contributed by atoms with Crippen molar-refractivity contribution in [1.82, 2.24) is 29.8 Å². The van der Waals surface area contributed by atoms with Crippen LogP contribution in [0.25, 0.3) is 0 Å². The molecule has 0 aliphatic carbocycles. The number of aromatic nitrogens is 4. The summed E-state index contributed by atoms with van der Waals surface area (Å²) in [6.45, 7) is 5.55. The van der Waals surface area contributed by atoms with Gasteiger partial charge in [-0.15, -0.1) is 10.2 Å². The van der Waals surface area contributed by atoms with Gasteiger partial charge < -0.3 is 5.32 Å². The molecule has 2 heterocycles. The number of hydrogen-bond acceptors (Lipinski definition) is 7. The summed E-state index contributed by atoms with van der Waals surface area (Å²) in [6.07, 6.45) is 1.45. The smallest absolute Gasteiger partial charge is 0.162 e. The largest absolute Gasteiger partial charge is 0.310 e. The van der Waals surface area contributed by atoms with E-state index in [4.69, 9.17) is 5.26 Å². The van der Waals surface area contributed by atoms with Crippen LogP contribution in [0.4, 0.5) is 0 Å². The average molecular weight is 315 g/mol. The second-order valence-electron chi connectivity index (χ2n) is 5.21. The fraction of sp³-hybridized carbons (Fsp3) is 0.429. The van der Waals surface area contributed by atoms with Crippen LogP contribution in [-0.2, 0) is 6.54 Å². The van der Waals surface area contributed by atoms with Crippen molar-refractivity contribution in [3.8, 4) is 6.07 Å². The number of nitrogens with one attached hydrogen (secondary N) is 1. The second kappa shape index (κ2) is 6.87. The fourth-order valence-electron chi connectivity index (χ4n) is 2.38. The highest BCUT2D eigenvalue weighted by molar-refractivity contribution is 7.97. The van der Waals surface area contributed by atoms with Gasteiger partial charge in [-0.1, -0.05) is 6.07 Å². The lowest BCUT2D eigenvalue weighted by molar-refractivity contribution is 0.280. The van der Waals surface area contributed by atoms with Gasteiger partial charge in [-0.3, -0.25) is 0 Å². The third-order valence-electron chi connectivity index (χ3n) is 3.54. The lowest BCUT2D eigenvalue weighted by Gasteiger charge is -2.32. The van der Waals surface area contributed by atoms with Crippen molar-refractivity contribution in [2.24, 2.45) is 0 Å². The molecule has 8 heteroatoms. The highest BCUT2D eigenvalue weighted by Gasteiger charge is 2.21. The van der Waals surface area contributed by atoms with Gasteiger partial charge >= 0.3 is 0 Å². The molecule has 0 bridgehead atoms. The predicted octanol–water partition coefficient (Wildman–Crippen LogP) is 0.834. The van der Waals surface area contributed by atoms with Gasteiger partial charge in [0.15, 0.2) is 6.33 Å². The maximum absolute atomic E-state index is 9.04. The molecule has 1 N–H and O–H groups in total. The van der Waals surface area contributed by atoms with E-state index in [0.29, 0.717) is 12.1 Å². The van der Waals surface area contributed by atoms with Crippen LogP contribution < -0.4 is 5.32 Å². The van der Waals surface area contributed by atoms with Gasteiger partial charge in [0.1, 0.15) is 0 Å². The first-order valence-corrected chi connectivity index (χ1v) is 7.90. The van der Waals surface area contributed by atoms with Crippen LogP contribution in [-0.4, -0.2) is 50.2 Å². The Morgan fingerprint density at radius 1 is 1.50 bits per heavy atom. The second-order valence-corrected chi connectivity index (χ2v) is 6.35. The van der Waals surface area contributed by atoms with E-state index in [1.165, 1.54) is 11.9 Å². The molecule has 2 aromatic rings. The number of rotatable bonds is 4. The molecule has 1 unspecified atom stereocenters. The summed E-state index contributed by atoms with van der Waals surface area (Å²) >= 11 is 1.71. The molecule has 22 heavy (non-hydrogen) atoms. The van der Waals surface area contributed by atoms with Crippen LogP contribution in [0.3, 0.4) is 0 Å². The molecule has 1 aliphatic rings. The first kappa shape index (κ1) is 15.0. The number of piperazine rings is 1. The quantitative estimate of drug-likeness (QED) is 0.837. The number of tetrazole rings is 1. The summed E-state index contributed by atoms with van der Waals surface area (Å²) in [4.78, 5) is 2.74. The number of benzene rings is 1. The standard InChI is InChI=1S/C14H17N7S/c1-11-2-3-12(7-15)6-14(11)22-20-5-4-16-13(8-20)9-21-18-10-17-19-21/h2-3,6,10,13,16H,4-5,8-9H2,1H3. The first-order valence-electron chi connectivity index (χ1n) is 7.12. The van der Waals surface area contributed by atoms with Crippen molar-refractivity contribution in [3.05, 3.63) is 35.7 Å². The van der Waals surface area contributed by atoms with E-state index >= 15 is 0 Å². The monoisotopic (exact) mass is 315 g/mol. The minimum Gasteiger partial charge on any atom is -0.310 e. The topological polar surface area (TPSA) is 82.7 Å². The molecular weight excluding hydrogens is 298 g/mol. The van der Waals surface area contributed by atoms with Crippen LogP contribution in [0.5, 0.6) is 0 Å². The molecule has 3 rings (SSSR count). The van der Waals surface area contributed by atoms with Crippen molar-refractivity contribution in [1.29, 1.82) is 5.26 Å². The zero-order chi connectivity index (χ0) is 15.4. The predicted molar refractivity (Wildman–Crippen MR) is 82.9 cm³/mol. The van der Waals surface area contributed by atoms with E-state index in [9.17, 15) is 0 Å². The molecule has 1 aromatic carbocycles. The average Bonchev–Trinajstić information content (AvgIpc) is 3.03. The lowest BCUT2D eigenvalue weighted by atomic mass is 10.2. The van der Waals surface area contributed by atoms with Gasteiger partial charge in [-0.2, -0.15) is 10.1 Å². The van der Waals surface area contributed by atoms with Crippen LogP contribution in [0, 0.1) is 18.3 Å². The van der Waals surface area contributed by atoms with E-state index in [1.54, 1.807) is 16.7 Å². The molecular formula is C14H17N7S. The summed E-state index contributed by atoms with van der Waals surface area (Å²) < 4.78 is 2.32. The van der Waals surface area contributed by atoms with Crippen LogP contribution in [0.1, 0.15) is 11.1 Å². The summed E-state index contributed by atoms with van der Waals surface area (Å²) in [5, 5.41) is 24.2. The Morgan fingerprint density at radius 3 is 3.18 bits per heavy atom. The van der Waals surface area contributed by atoms with Gasteiger partial charge in [0.25, 0.3) is 0 Å². The summed E-state index contributed by atoms with van der Waals surface area (Å²) in [7, 11) is 0. The van der Waals surface area contributed by atoms with Gasteiger partial charge in [0.2, 0.25) is 0 Å². The van der Waals surface area contributed by atoms with Gasteiger partial charge in [0.05, 0.1) is 18.2 Å². The summed E-state index contributed by atoms with van der Waals surface area (Å²) in [5.74, 6) is 0. The molecule has 1 aliphatic heterocycles.